The second kappa shape index (κ2) is 9.78. The lowest BCUT2D eigenvalue weighted by Crippen LogP contribution is -2.34. The van der Waals surface area contributed by atoms with E-state index in [4.69, 9.17) is 21.1 Å². The summed E-state index contributed by atoms with van der Waals surface area (Å²) in [5.41, 5.74) is 2.56. The number of benzene rings is 1. The maximum Gasteiger partial charge on any atom is 0.414 e. The summed E-state index contributed by atoms with van der Waals surface area (Å²) in [4.78, 5) is 39.3. The van der Waals surface area contributed by atoms with E-state index in [1.54, 1.807) is 55.1 Å². The molecule has 1 atom stereocenters. The number of hydrogen-bond acceptors (Lipinski definition) is 6. The molecule has 0 unspecified atom stereocenters. The summed E-state index contributed by atoms with van der Waals surface area (Å²) in [6.07, 6.45) is 0.701. The molecule has 0 radical (unpaired) electrons. The zero-order valence-electron chi connectivity index (χ0n) is 18.0. The van der Waals surface area contributed by atoms with E-state index >= 15 is 0 Å². The first-order valence-corrected chi connectivity index (χ1v) is 11.4. The van der Waals surface area contributed by atoms with Crippen molar-refractivity contribution in [3.05, 3.63) is 79.4 Å². The van der Waals surface area contributed by atoms with Gasteiger partial charge in [0.2, 0.25) is 0 Å². The average Bonchev–Trinajstić information content (AvgIpc) is 3.40. The standard InChI is InChI=1S/C23H22ClN3O5S/c1-14-4-3-9-26(22(14)29)18-6-5-16(10-15(18)13-31-2)27-12-17(32-23(27)30)11-25-21(28)19-7-8-20(24)33-19/h3-10,17H,11-13H2,1-2H3,(H,25,28)/t17-/m0/s1. The van der Waals surface area contributed by atoms with Crippen LogP contribution in [0.15, 0.2) is 53.5 Å². The molecule has 3 aromatic rings. The van der Waals surface area contributed by atoms with Crippen molar-refractivity contribution in [1.82, 2.24) is 9.88 Å². The third-order valence-corrected chi connectivity index (χ3v) is 6.46. The SMILES string of the molecule is COCc1cc(N2C[C@H](CNC(=O)c3ccc(Cl)s3)OC2=O)ccc1-n1cccc(C)c1=O. The highest BCUT2D eigenvalue weighted by atomic mass is 35.5. The van der Waals surface area contributed by atoms with E-state index in [-0.39, 0.29) is 31.2 Å². The number of anilines is 1. The van der Waals surface area contributed by atoms with Gasteiger partial charge in [0.1, 0.15) is 6.10 Å². The molecular formula is C23H22ClN3O5S. The summed E-state index contributed by atoms with van der Waals surface area (Å²) >= 11 is 7.06. The topological polar surface area (TPSA) is 89.9 Å². The van der Waals surface area contributed by atoms with E-state index in [1.165, 1.54) is 16.2 Å². The van der Waals surface area contributed by atoms with Gasteiger partial charge in [-0.15, -0.1) is 11.3 Å². The van der Waals surface area contributed by atoms with E-state index < -0.39 is 12.2 Å². The molecule has 1 aromatic carbocycles. The first-order chi connectivity index (χ1) is 15.9. The summed E-state index contributed by atoms with van der Waals surface area (Å²) in [6, 6.07) is 12.2. The molecule has 172 valence electrons. The molecule has 4 rings (SSSR count). The fraction of sp³-hybridized carbons (Fsp3) is 0.261. The highest BCUT2D eigenvalue weighted by Crippen LogP contribution is 2.27. The fourth-order valence-corrected chi connectivity index (χ4v) is 4.57. The Hall–Kier alpha value is -3.14. The number of halogens is 1. The molecule has 0 spiro atoms. The Balaban J connectivity index is 1.51. The number of rotatable bonds is 7. The number of amides is 2. The molecule has 0 bridgehead atoms. The predicted octanol–water partition coefficient (Wildman–Crippen LogP) is 3.76. The highest BCUT2D eigenvalue weighted by Gasteiger charge is 2.33. The van der Waals surface area contributed by atoms with Crippen molar-refractivity contribution >= 4 is 40.6 Å². The Labute approximate surface area is 199 Å². The third-order valence-electron chi connectivity index (χ3n) is 5.23. The monoisotopic (exact) mass is 487 g/mol. The van der Waals surface area contributed by atoms with Gasteiger partial charge in [-0.25, -0.2) is 4.79 Å². The van der Waals surface area contributed by atoms with Gasteiger partial charge in [0.05, 0.1) is 34.6 Å². The minimum absolute atomic E-state index is 0.119. The molecule has 2 aromatic heterocycles. The Bertz CT molecular complexity index is 1250. The smallest absolute Gasteiger partial charge is 0.414 e. The molecule has 8 nitrogen and oxygen atoms in total. The van der Waals surface area contributed by atoms with E-state index in [0.29, 0.717) is 26.2 Å². The van der Waals surface area contributed by atoms with Gasteiger partial charge in [-0.1, -0.05) is 17.7 Å². The largest absolute Gasteiger partial charge is 0.442 e. The Morgan fingerprint density at radius 2 is 2.09 bits per heavy atom. The molecule has 0 saturated carbocycles. The molecule has 1 aliphatic rings. The number of carbonyl (C=O) groups is 2. The van der Waals surface area contributed by atoms with Gasteiger partial charge in [-0.05, 0) is 43.3 Å². The number of thiophene rings is 1. The van der Waals surface area contributed by atoms with Crippen LogP contribution in [0.1, 0.15) is 20.8 Å². The van der Waals surface area contributed by atoms with Gasteiger partial charge in [-0.2, -0.15) is 0 Å². The van der Waals surface area contributed by atoms with Gasteiger partial charge < -0.3 is 14.8 Å². The molecule has 1 aliphatic heterocycles. The van der Waals surface area contributed by atoms with Gasteiger partial charge in [0, 0.05) is 30.1 Å². The summed E-state index contributed by atoms with van der Waals surface area (Å²) in [6.45, 7) is 2.48. The van der Waals surface area contributed by atoms with Gasteiger partial charge in [-0.3, -0.25) is 19.1 Å². The maximum atomic E-state index is 12.6. The number of nitrogens with zero attached hydrogens (tertiary/aromatic N) is 2. The molecule has 0 aliphatic carbocycles. The normalized spacial score (nSPS) is 15.5. The Morgan fingerprint density at radius 3 is 2.82 bits per heavy atom. The molecule has 33 heavy (non-hydrogen) atoms. The highest BCUT2D eigenvalue weighted by molar-refractivity contribution is 7.18. The van der Waals surface area contributed by atoms with E-state index in [1.807, 2.05) is 12.1 Å². The van der Waals surface area contributed by atoms with Crippen LogP contribution in [0.3, 0.4) is 0 Å². The molecule has 1 fully saturated rings. The Morgan fingerprint density at radius 1 is 1.27 bits per heavy atom. The minimum atomic E-state index is -0.503. The van der Waals surface area contributed by atoms with Gasteiger partial charge in [0.15, 0.2) is 0 Å². The van der Waals surface area contributed by atoms with Crippen LogP contribution in [0, 0.1) is 6.92 Å². The van der Waals surface area contributed by atoms with E-state index in [0.717, 1.165) is 5.56 Å². The van der Waals surface area contributed by atoms with Crippen molar-refractivity contribution in [2.75, 3.05) is 25.1 Å². The van der Waals surface area contributed by atoms with Crippen molar-refractivity contribution in [2.24, 2.45) is 0 Å². The maximum absolute atomic E-state index is 12.6. The molecular weight excluding hydrogens is 466 g/mol. The number of aromatic nitrogens is 1. The zero-order valence-corrected chi connectivity index (χ0v) is 19.6. The summed E-state index contributed by atoms with van der Waals surface area (Å²) in [5.74, 6) is -0.267. The molecule has 2 amide bonds. The number of hydrogen-bond donors (Lipinski definition) is 1. The summed E-state index contributed by atoms with van der Waals surface area (Å²) in [5, 5.41) is 2.77. The van der Waals surface area contributed by atoms with Crippen LogP contribution in [0.25, 0.3) is 5.69 Å². The number of pyridine rings is 1. The zero-order chi connectivity index (χ0) is 23.5. The first kappa shape index (κ1) is 23.0. The second-order valence-electron chi connectivity index (χ2n) is 7.54. The predicted molar refractivity (Wildman–Crippen MR) is 127 cm³/mol. The van der Waals surface area contributed by atoms with Crippen molar-refractivity contribution in [1.29, 1.82) is 0 Å². The number of methoxy groups -OCH3 is 1. The van der Waals surface area contributed by atoms with Gasteiger partial charge >= 0.3 is 6.09 Å². The van der Waals surface area contributed by atoms with Crippen molar-refractivity contribution in [3.63, 3.8) is 0 Å². The second-order valence-corrected chi connectivity index (χ2v) is 9.26. The molecule has 1 N–H and O–H groups in total. The van der Waals surface area contributed by atoms with Gasteiger partial charge in [0.25, 0.3) is 11.5 Å². The number of carbonyl (C=O) groups excluding carboxylic acids is 2. The number of ether oxygens (including phenoxy) is 2. The van der Waals surface area contributed by atoms with Crippen molar-refractivity contribution in [2.45, 2.75) is 19.6 Å². The van der Waals surface area contributed by atoms with Crippen LogP contribution in [-0.2, 0) is 16.1 Å². The first-order valence-electron chi connectivity index (χ1n) is 10.2. The van der Waals surface area contributed by atoms with Crippen molar-refractivity contribution in [3.8, 4) is 5.69 Å². The lowest BCUT2D eigenvalue weighted by molar-refractivity contribution is 0.0920. The molecule has 1 saturated heterocycles. The number of aryl methyl sites for hydroxylation is 1. The van der Waals surface area contributed by atoms with Crippen LogP contribution < -0.4 is 15.8 Å². The molecule has 3 heterocycles. The van der Waals surface area contributed by atoms with Crippen LogP contribution >= 0.6 is 22.9 Å². The molecule has 10 heteroatoms. The number of cyclic esters (lactones) is 1. The van der Waals surface area contributed by atoms with E-state index in [2.05, 4.69) is 5.32 Å². The average molecular weight is 488 g/mol. The summed E-state index contributed by atoms with van der Waals surface area (Å²) < 4.78 is 12.9. The summed E-state index contributed by atoms with van der Waals surface area (Å²) in [7, 11) is 1.57. The van der Waals surface area contributed by atoms with Crippen LogP contribution in [0.4, 0.5) is 10.5 Å². The van der Waals surface area contributed by atoms with Crippen molar-refractivity contribution < 1.29 is 19.1 Å². The van der Waals surface area contributed by atoms with Crippen LogP contribution in [0.2, 0.25) is 4.34 Å². The third kappa shape index (κ3) is 4.95. The quantitative estimate of drug-likeness (QED) is 0.548. The lowest BCUT2D eigenvalue weighted by Gasteiger charge is -2.18. The Kier molecular flexibility index (Phi) is 6.83. The minimum Gasteiger partial charge on any atom is -0.442 e. The number of nitrogens with one attached hydrogen (secondary N) is 1. The fourth-order valence-electron chi connectivity index (χ4n) is 3.61. The lowest BCUT2D eigenvalue weighted by atomic mass is 10.1. The van der Waals surface area contributed by atoms with Crippen LogP contribution in [0.5, 0.6) is 0 Å². The van der Waals surface area contributed by atoms with Crippen LogP contribution in [-0.4, -0.2) is 42.9 Å². The van der Waals surface area contributed by atoms with E-state index in [9.17, 15) is 14.4 Å².